The van der Waals surface area contributed by atoms with E-state index in [1.165, 1.54) is 5.56 Å². The fourth-order valence-electron chi connectivity index (χ4n) is 4.37. The summed E-state index contributed by atoms with van der Waals surface area (Å²) < 4.78 is 6.33. The molecule has 4 nitrogen and oxygen atoms in total. The number of piperidine rings is 1. The lowest BCUT2D eigenvalue weighted by Gasteiger charge is -2.40. The molecule has 31 heavy (non-hydrogen) atoms. The summed E-state index contributed by atoms with van der Waals surface area (Å²) in [5, 5.41) is 13.0. The molecule has 2 aliphatic rings. The number of allylic oxidation sites excluding steroid dienone is 2. The highest BCUT2D eigenvalue weighted by molar-refractivity contribution is 6.31. The van der Waals surface area contributed by atoms with E-state index < -0.39 is 0 Å². The Balaban J connectivity index is 1.48. The molecule has 0 aliphatic carbocycles. The molecule has 1 aromatic carbocycles. The Kier molecular flexibility index (Phi) is 7.86. The van der Waals surface area contributed by atoms with Gasteiger partial charge in [-0.1, -0.05) is 44.7 Å². The van der Waals surface area contributed by atoms with Gasteiger partial charge in [0.05, 0.1) is 22.8 Å². The number of hydrogen-bond donors (Lipinski definition) is 1. The van der Waals surface area contributed by atoms with Crippen LogP contribution in [0.5, 0.6) is 0 Å². The fourth-order valence-corrected chi connectivity index (χ4v) is 4.60. The highest BCUT2D eigenvalue weighted by atomic mass is 35.5. The maximum absolute atomic E-state index is 9.09. The minimum atomic E-state index is -0.0620. The molecule has 0 saturated carbocycles. The van der Waals surface area contributed by atoms with Gasteiger partial charge in [0.15, 0.2) is 0 Å². The van der Waals surface area contributed by atoms with Crippen molar-refractivity contribution in [2.75, 3.05) is 26.2 Å². The van der Waals surface area contributed by atoms with Crippen LogP contribution in [-0.2, 0) is 4.74 Å². The molecule has 1 unspecified atom stereocenters. The molecule has 1 N–H and O–H groups in total. The topological polar surface area (TPSA) is 48.3 Å². The molecule has 0 radical (unpaired) electrons. The number of nitriles is 1. The number of ether oxygens (including phenoxy) is 1. The summed E-state index contributed by atoms with van der Waals surface area (Å²) in [6.45, 7) is 16.3. The number of nitrogens with zero attached hydrogens (tertiary/aromatic N) is 2. The molecule has 2 aliphatic heterocycles. The minimum Gasteiger partial charge on any atom is -0.386 e. The summed E-state index contributed by atoms with van der Waals surface area (Å²) in [6.07, 6.45) is 8.20. The van der Waals surface area contributed by atoms with Crippen LogP contribution in [-0.4, -0.2) is 36.7 Å². The van der Waals surface area contributed by atoms with Gasteiger partial charge in [-0.05, 0) is 61.4 Å². The highest BCUT2D eigenvalue weighted by Gasteiger charge is 2.43. The van der Waals surface area contributed by atoms with Crippen LogP contribution in [0, 0.1) is 17.2 Å². The third kappa shape index (κ3) is 6.15. The van der Waals surface area contributed by atoms with Crippen molar-refractivity contribution in [3.63, 3.8) is 0 Å². The first-order chi connectivity index (χ1) is 14.8. The van der Waals surface area contributed by atoms with Crippen LogP contribution < -0.4 is 5.32 Å². The van der Waals surface area contributed by atoms with Gasteiger partial charge in [0.2, 0.25) is 0 Å². The van der Waals surface area contributed by atoms with Crippen molar-refractivity contribution >= 4 is 11.6 Å². The van der Waals surface area contributed by atoms with Crippen LogP contribution in [0.25, 0.3) is 0 Å². The Morgan fingerprint density at radius 1 is 1.35 bits per heavy atom. The number of halogens is 1. The second kappa shape index (κ2) is 10.4. The zero-order valence-electron chi connectivity index (χ0n) is 18.8. The van der Waals surface area contributed by atoms with Crippen molar-refractivity contribution in [3.8, 4) is 6.07 Å². The van der Waals surface area contributed by atoms with E-state index in [0.29, 0.717) is 29.0 Å². The standard InChI is InChI=1S/C26H34ClN3O/c1-19(2)9-12-29-20(3)5-6-21(4)30-13-10-26(11-14-30)16-24(18-31-26)22-7-8-23(17-28)25(27)15-22/h5-8,15,19,24,29H,3-4,9-14,16,18H2,1-2H3/b6-5-. The summed E-state index contributed by atoms with van der Waals surface area (Å²) in [5.41, 5.74) is 3.58. The molecule has 0 amide bonds. The van der Waals surface area contributed by atoms with Gasteiger partial charge in [0, 0.05) is 36.9 Å². The van der Waals surface area contributed by atoms with E-state index in [-0.39, 0.29) is 5.60 Å². The monoisotopic (exact) mass is 439 g/mol. The Labute approximate surface area is 192 Å². The van der Waals surface area contributed by atoms with Crippen molar-refractivity contribution in [1.29, 1.82) is 5.26 Å². The Hall–Kier alpha value is -2.22. The first-order valence-corrected chi connectivity index (χ1v) is 11.6. The van der Waals surface area contributed by atoms with Gasteiger partial charge in [0.25, 0.3) is 0 Å². The van der Waals surface area contributed by atoms with Gasteiger partial charge >= 0.3 is 0 Å². The molecule has 1 aromatic rings. The number of likely N-dealkylation sites (tertiary alicyclic amines) is 1. The second-order valence-corrected chi connectivity index (χ2v) is 9.60. The summed E-state index contributed by atoms with van der Waals surface area (Å²) in [5.74, 6) is 1.02. The summed E-state index contributed by atoms with van der Waals surface area (Å²) in [7, 11) is 0. The lowest BCUT2D eigenvalue weighted by molar-refractivity contribution is -0.0372. The number of hydrogen-bond acceptors (Lipinski definition) is 4. The van der Waals surface area contributed by atoms with E-state index in [9.17, 15) is 0 Å². The van der Waals surface area contributed by atoms with E-state index >= 15 is 0 Å². The normalized spacial score (nSPS) is 20.4. The van der Waals surface area contributed by atoms with E-state index in [0.717, 1.165) is 56.7 Å². The van der Waals surface area contributed by atoms with Gasteiger partial charge in [-0.25, -0.2) is 0 Å². The zero-order chi connectivity index (χ0) is 22.4. The van der Waals surface area contributed by atoms with Crippen molar-refractivity contribution < 1.29 is 4.74 Å². The van der Waals surface area contributed by atoms with Gasteiger partial charge in [-0.3, -0.25) is 0 Å². The first kappa shape index (κ1) is 23.4. The van der Waals surface area contributed by atoms with Crippen LogP contribution in [0.1, 0.15) is 56.6 Å². The predicted octanol–water partition coefficient (Wildman–Crippen LogP) is 5.77. The maximum Gasteiger partial charge on any atom is 0.101 e. The SMILES string of the molecule is C=C(/C=C\C(=C)N1CCC2(CC1)CC(c1ccc(C#N)c(Cl)c1)CO2)NCCC(C)C. The summed E-state index contributed by atoms with van der Waals surface area (Å²) in [4.78, 5) is 2.33. The van der Waals surface area contributed by atoms with Crippen LogP contribution in [0.2, 0.25) is 5.02 Å². The highest BCUT2D eigenvalue weighted by Crippen LogP contribution is 2.43. The zero-order valence-corrected chi connectivity index (χ0v) is 19.5. The van der Waals surface area contributed by atoms with E-state index in [2.05, 4.69) is 49.4 Å². The van der Waals surface area contributed by atoms with Crippen LogP contribution >= 0.6 is 11.6 Å². The number of rotatable bonds is 8. The molecule has 3 rings (SSSR count). The molecular formula is C26H34ClN3O. The van der Waals surface area contributed by atoms with Crippen molar-refractivity contribution in [2.24, 2.45) is 5.92 Å². The lowest BCUT2D eigenvalue weighted by atomic mass is 9.83. The quantitative estimate of drug-likeness (QED) is 0.522. The van der Waals surface area contributed by atoms with Crippen LogP contribution in [0.4, 0.5) is 0 Å². The second-order valence-electron chi connectivity index (χ2n) is 9.19. The largest absolute Gasteiger partial charge is 0.386 e. The van der Waals surface area contributed by atoms with Crippen molar-refractivity contribution in [3.05, 3.63) is 71.1 Å². The maximum atomic E-state index is 9.09. The van der Waals surface area contributed by atoms with Gasteiger partial charge in [0.1, 0.15) is 6.07 Å². The predicted molar refractivity (Wildman–Crippen MR) is 128 cm³/mol. The van der Waals surface area contributed by atoms with Crippen molar-refractivity contribution in [1.82, 2.24) is 10.2 Å². The van der Waals surface area contributed by atoms with Crippen LogP contribution in [0.15, 0.2) is 54.9 Å². The molecule has 0 bridgehead atoms. The first-order valence-electron chi connectivity index (χ1n) is 11.2. The molecule has 2 fully saturated rings. The van der Waals surface area contributed by atoms with Crippen molar-refractivity contribution in [2.45, 2.75) is 51.0 Å². The molecule has 0 aromatic heterocycles. The third-order valence-electron chi connectivity index (χ3n) is 6.43. The van der Waals surface area contributed by atoms with E-state index in [1.54, 1.807) is 0 Å². The van der Waals surface area contributed by atoms with Crippen LogP contribution in [0.3, 0.4) is 0 Å². The summed E-state index contributed by atoms with van der Waals surface area (Å²) >= 11 is 6.24. The summed E-state index contributed by atoms with van der Waals surface area (Å²) in [6, 6.07) is 7.88. The van der Waals surface area contributed by atoms with Gasteiger partial charge < -0.3 is 15.0 Å². The average molecular weight is 440 g/mol. The van der Waals surface area contributed by atoms with Gasteiger partial charge in [-0.15, -0.1) is 0 Å². The molecule has 2 heterocycles. The molecular weight excluding hydrogens is 406 g/mol. The van der Waals surface area contributed by atoms with Gasteiger partial charge in [-0.2, -0.15) is 5.26 Å². The minimum absolute atomic E-state index is 0.0620. The van der Waals surface area contributed by atoms with E-state index in [1.807, 2.05) is 24.3 Å². The Morgan fingerprint density at radius 3 is 2.74 bits per heavy atom. The molecule has 2 saturated heterocycles. The smallest absolute Gasteiger partial charge is 0.101 e. The number of nitrogens with one attached hydrogen (secondary N) is 1. The molecule has 1 atom stereocenters. The average Bonchev–Trinajstić information content (AvgIpc) is 3.15. The lowest BCUT2D eigenvalue weighted by Crippen LogP contribution is -2.43. The third-order valence-corrected chi connectivity index (χ3v) is 6.74. The molecule has 1 spiro atoms. The number of benzene rings is 1. The Bertz CT molecular complexity index is 875. The Morgan fingerprint density at radius 2 is 2.10 bits per heavy atom. The molecule has 5 heteroatoms. The molecule has 166 valence electrons. The van der Waals surface area contributed by atoms with E-state index in [4.69, 9.17) is 21.6 Å². The fraction of sp³-hybridized carbons (Fsp3) is 0.500.